The van der Waals surface area contributed by atoms with Crippen molar-refractivity contribution in [2.75, 3.05) is 6.54 Å². The Labute approximate surface area is 45.9 Å². The maximum Gasteiger partial charge on any atom is 0.325 e. The molecule has 0 radical (unpaired) electrons. The predicted molar refractivity (Wildman–Crippen MR) is 26.7 cm³/mol. The summed E-state index contributed by atoms with van der Waals surface area (Å²) in [5, 5.41) is 7.89. The summed E-state index contributed by atoms with van der Waals surface area (Å²) in [4.78, 5) is 12.6. The molecule has 0 heterocycles. The van der Waals surface area contributed by atoms with Crippen molar-refractivity contribution in [3.8, 4) is 0 Å². The monoisotopic (exact) mass is 119 g/mol. The molecule has 0 aromatic heterocycles. The van der Waals surface area contributed by atoms with Gasteiger partial charge in [-0.15, -0.1) is 0 Å². The number of nitrogens with zero attached hydrogens (tertiary/aromatic N) is 1. The highest BCUT2D eigenvalue weighted by Gasteiger charge is 1.91. The topological polar surface area (TPSA) is 49.7 Å². The summed E-state index contributed by atoms with van der Waals surface area (Å²) in [7, 11) is 0. The molecule has 4 heteroatoms. The molecule has 0 saturated heterocycles. The lowest BCUT2D eigenvalue weighted by atomic mass is 10.7. The lowest BCUT2D eigenvalue weighted by Gasteiger charge is -1.82. The SMILES string of the molecule is CC(F)=NCC(=O)O. The Balaban J connectivity index is 3.45. The molecule has 1 N–H and O–H groups in total. The molecule has 0 unspecified atom stereocenters. The summed E-state index contributed by atoms with van der Waals surface area (Å²) in [5.74, 6) is -1.82. The van der Waals surface area contributed by atoms with Gasteiger partial charge in [0.2, 0.25) is 0 Å². The van der Waals surface area contributed by atoms with Gasteiger partial charge in [0.25, 0.3) is 0 Å². The van der Waals surface area contributed by atoms with E-state index in [2.05, 4.69) is 4.99 Å². The van der Waals surface area contributed by atoms with Crippen LogP contribution in [0.25, 0.3) is 0 Å². The third-order valence-electron chi connectivity index (χ3n) is 0.432. The fraction of sp³-hybridized carbons (Fsp3) is 0.500. The number of aliphatic carboxylic acids is 1. The maximum absolute atomic E-state index is 11.5. The van der Waals surface area contributed by atoms with Crippen molar-refractivity contribution in [2.24, 2.45) is 4.99 Å². The molecule has 0 amide bonds. The summed E-state index contributed by atoms with van der Waals surface area (Å²) in [5.41, 5.74) is 0. The number of carboxylic acids is 1. The quantitative estimate of drug-likeness (QED) is 0.537. The van der Waals surface area contributed by atoms with E-state index < -0.39 is 18.5 Å². The van der Waals surface area contributed by atoms with Gasteiger partial charge in [-0.3, -0.25) is 9.79 Å². The van der Waals surface area contributed by atoms with Crippen LogP contribution in [-0.2, 0) is 4.79 Å². The normalized spacial score (nSPS) is 11.5. The first-order valence-electron chi connectivity index (χ1n) is 2.01. The Morgan fingerprint density at radius 2 is 2.38 bits per heavy atom. The molecule has 0 fully saturated rings. The van der Waals surface area contributed by atoms with Crippen molar-refractivity contribution >= 4 is 11.9 Å². The van der Waals surface area contributed by atoms with Gasteiger partial charge in [-0.1, -0.05) is 0 Å². The number of hydrogen-bond donors (Lipinski definition) is 1. The third-order valence-corrected chi connectivity index (χ3v) is 0.432. The summed E-state index contributed by atoms with van der Waals surface area (Å²) in [6, 6.07) is 0. The van der Waals surface area contributed by atoms with Crippen LogP contribution in [0.3, 0.4) is 0 Å². The third kappa shape index (κ3) is 5.07. The highest BCUT2D eigenvalue weighted by atomic mass is 19.1. The Bertz CT molecular complexity index is 117. The average molecular weight is 119 g/mol. The van der Waals surface area contributed by atoms with Crippen LogP contribution < -0.4 is 0 Å². The molecule has 0 saturated carbocycles. The van der Waals surface area contributed by atoms with Gasteiger partial charge in [-0.25, -0.2) is 0 Å². The first-order chi connectivity index (χ1) is 3.63. The number of halogens is 1. The minimum Gasteiger partial charge on any atom is -0.480 e. The van der Waals surface area contributed by atoms with Gasteiger partial charge < -0.3 is 5.11 Å². The maximum atomic E-state index is 11.5. The Kier molecular flexibility index (Phi) is 2.76. The van der Waals surface area contributed by atoms with Gasteiger partial charge in [0.15, 0.2) is 5.97 Å². The highest BCUT2D eigenvalue weighted by molar-refractivity contribution is 5.76. The van der Waals surface area contributed by atoms with Crippen LogP contribution >= 0.6 is 0 Å². The molecule has 0 aliphatic heterocycles. The van der Waals surface area contributed by atoms with Crippen LogP contribution in [0.1, 0.15) is 6.92 Å². The zero-order valence-electron chi connectivity index (χ0n) is 4.39. The number of hydrogen-bond acceptors (Lipinski definition) is 2. The number of carbonyl (C=O) groups is 1. The fourth-order valence-corrected chi connectivity index (χ4v) is 0.177. The van der Waals surface area contributed by atoms with E-state index in [1.807, 2.05) is 0 Å². The van der Waals surface area contributed by atoms with Gasteiger partial charge in [-0.05, 0) is 0 Å². The van der Waals surface area contributed by atoms with Crippen LogP contribution in [0, 0.1) is 0 Å². The predicted octanol–water partition coefficient (Wildman–Crippen LogP) is 0.459. The van der Waals surface area contributed by atoms with E-state index in [0.717, 1.165) is 6.92 Å². The highest BCUT2D eigenvalue weighted by Crippen LogP contribution is 1.77. The molecular weight excluding hydrogens is 113 g/mol. The van der Waals surface area contributed by atoms with Crippen LogP contribution in [0.15, 0.2) is 4.99 Å². The molecule has 0 aromatic carbocycles. The van der Waals surface area contributed by atoms with E-state index in [0.29, 0.717) is 0 Å². The first kappa shape index (κ1) is 7.07. The zero-order valence-corrected chi connectivity index (χ0v) is 4.39. The Hall–Kier alpha value is -0.930. The second-order valence-electron chi connectivity index (χ2n) is 1.21. The Morgan fingerprint density at radius 1 is 1.88 bits per heavy atom. The molecule has 0 bridgehead atoms. The molecule has 0 atom stereocenters. The van der Waals surface area contributed by atoms with Gasteiger partial charge in [-0.2, -0.15) is 4.39 Å². The molecule has 0 aliphatic rings. The van der Waals surface area contributed by atoms with E-state index >= 15 is 0 Å². The van der Waals surface area contributed by atoms with Crippen molar-refractivity contribution in [3.63, 3.8) is 0 Å². The summed E-state index contributed by atoms with van der Waals surface area (Å²) in [6.45, 7) is 0.616. The first-order valence-corrected chi connectivity index (χ1v) is 2.01. The number of aliphatic imine (C=N–C) groups is 1. The van der Waals surface area contributed by atoms with E-state index in [9.17, 15) is 9.18 Å². The molecule has 8 heavy (non-hydrogen) atoms. The number of rotatable bonds is 2. The van der Waals surface area contributed by atoms with Crippen molar-refractivity contribution in [3.05, 3.63) is 0 Å². The standard InChI is InChI=1S/C4H6FNO2/c1-3(5)6-2-4(7)8/h2H2,1H3,(H,7,8). The van der Waals surface area contributed by atoms with Gasteiger partial charge in [0.1, 0.15) is 6.54 Å². The molecule has 0 aromatic rings. The smallest absolute Gasteiger partial charge is 0.325 e. The van der Waals surface area contributed by atoms with Gasteiger partial charge in [0, 0.05) is 6.92 Å². The summed E-state index contributed by atoms with van der Waals surface area (Å²) in [6.07, 6.45) is 0. The lowest BCUT2D eigenvalue weighted by Crippen LogP contribution is -2.00. The lowest BCUT2D eigenvalue weighted by molar-refractivity contribution is -0.135. The van der Waals surface area contributed by atoms with Crippen LogP contribution in [0.4, 0.5) is 4.39 Å². The minimum absolute atomic E-state index is 0.484. The van der Waals surface area contributed by atoms with Crippen molar-refractivity contribution in [2.45, 2.75) is 6.92 Å². The zero-order chi connectivity index (χ0) is 6.57. The van der Waals surface area contributed by atoms with Crippen molar-refractivity contribution in [1.82, 2.24) is 0 Å². The van der Waals surface area contributed by atoms with Crippen molar-refractivity contribution in [1.29, 1.82) is 0 Å². The van der Waals surface area contributed by atoms with Gasteiger partial charge >= 0.3 is 5.97 Å². The molecule has 46 valence electrons. The van der Waals surface area contributed by atoms with Crippen LogP contribution in [-0.4, -0.2) is 23.6 Å². The van der Waals surface area contributed by atoms with E-state index in [-0.39, 0.29) is 0 Å². The van der Waals surface area contributed by atoms with E-state index in [4.69, 9.17) is 5.11 Å². The van der Waals surface area contributed by atoms with Crippen molar-refractivity contribution < 1.29 is 14.3 Å². The molecule has 0 spiro atoms. The number of carboxylic acid groups (broad SMARTS) is 1. The second-order valence-corrected chi connectivity index (χ2v) is 1.21. The van der Waals surface area contributed by atoms with E-state index in [1.54, 1.807) is 0 Å². The molecular formula is C4H6FNO2. The van der Waals surface area contributed by atoms with Gasteiger partial charge in [0.05, 0.1) is 0 Å². The molecule has 0 rings (SSSR count). The molecule has 3 nitrogen and oxygen atoms in total. The van der Waals surface area contributed by atoms with Crippen LogP contribution in [0.2, 0.25) is 0 Å². The Morgan fingerprint density at radius 3 is 2.50 bits per heavy atom. The summed E-state index contributed by atoms with van der Waals surface area (Å²) >= 11 is 0. The molecule has 0 aliphatic carbocycles. The summed E-state index contributed by atoms with van der Waals surface area (Å²) < 4.78 is 11.5. The second kappa shape index (κ2) is 3.12. The average Bonchev–Trinajstić information content (AvgIpc) is 1.61. The largest absolute Gasteiger partial charge is 0.480 e. The minimum atomic E-state index is -1.12. The van der Waals surface area contributed by atoms with Crippen LogP contribution in [0.5, 0.6) is 0 Å². The van der Waals surface area contributed by atoms with E-state index in [1.165, 1.54) is 0 Å². The fourth-order valence-electron chi connectivity index (χ4n) is 0.177.